The first-order valence-corrected chi connectivity index (χ1v) is 13.5. The van der Waals surface area contributed by atoms with Crippen LogP contribution in [0, 0.1) is 0 Å². The van der Waals surface area contributed by atoms with E-state index in [1.165, 1.54) is 7.11 Å². The van der Waals surface area contributed by atoms with Gasteiger partial charge in [-0.05, 0) is 68.8 Å². The van der Waals surface area contributed by atoms with E-state index in [1.54, 1.807) is 35.3 Å². The standard InChI is InChI=1S/C29H31Cl2N5O4/c1-29(2,3)40-17-25-23(16-36(35-25)11-9-22-8-7-18-6-5-10-32-27(18)33-22)28(38)34-24(15-26(37)39-4)19-12-20(30)14-21(31)13-19/h5-8,10,12-14,16,24H,9,11,15,17H2,1-4H3,(H,34,38). The summed E-state index contributed by atoms with van der Waals surface area (Å²) in [6, 6.07) is 11.9. The highest BCUT2D eigenvalue weighted by Crippen LogP contribution is 2.26. The molecule has 1 unspecified atom stereocenters. The van der Waals surface area contributed by atoms with Gasteiger partial charge in [0.05, 0.1) is 37.3 Å². The number of hydrogen-bond acceptors (Lipinski definition) is 7. The number of pyridine rings is 2. The molecule has 0 aliphatic heterocycles. The van der Waals surface area contributed by atoms with E-state index >= 15 is 0 Å². The fraction of sp³-hybridized carbons (Fsp3) is 0.345. The average molecular weight is 585 g/mol. The number of carbonyl (C=O) groups is 2. The van der Waals surface area contributed by atoms with Crippen molar-refractivity contribution < 1.29 is 19.1 Å². The predicted octanol–water partition coefficient (Wildman–Crippen LogP) is 5.73. The molecule has 1 amide bonds. The summed E-state index contributed by atoms with van der Waals surface area (Å²) in [4.78, 5) is 34.7. The van der Waals surface area contributed by atoms with Gasteiger partial charge in [0.15, 0.2) is 5.65 Å². The van der Waals surface area contributed by atoms with E-state index in [0.717, 1.165) is 11.1 Å². The van der Waals surface area contributed by atoms with Gasteiger partial charge in [-0.1, -0.05) is 23.2 Å². The van der Waals surface area contributed by atoms with E-state index in [1.807, 2.05) is 45.0 Å². The molecule has 0 bridgehead atoms. The Morgan fingerprint density at radius 2 is 1.85 bits per heavy atom. The van der Waals surface area contributed by atoms with Gasteiger partial charge in [-0.2, -0.15) is 5.10 Å². The largest absolute Gasteiger partial charge is 0.469 e. The predicted molar refractivity (Wildman–Crippen MR) is 153 cm³/mol. The molecule has 9 nitrogen and oxygen atoms in total. The molecule has 1 aromatic carbocycles. The number of benzene rings is 1. The maximum absolute atomic E-state index is 13.6. The minimum Gasteiger partial charge on any atom is -0.469 e. The van der Waals surface area contributed by atoms with Crippen molar-refractivity contribution in [2.45, 2.75) is 58.4 Å². The van der Waals surface area contributed by atoms with Crippen LogP contribution < -0.4 is 5.32 Å². The van der Waals surface area contributed by atoms with E-state index in [2.05, 4.69) is 20.4 Å². The first kappa shape index (κ1) is 29.5. The maximum atomic E-state index is 13.6. The summed E-state index contributed by atoms with van der Waals surface area (Å²) in [5.74, 6) is -0.914. The van der Waals surface area contributed by atoms with Crippen LogP contribution in [-0.4, -0.2) is 44.3 Å². The van der Waals surface area contributed by atoms with Crippen LogP contribution in [0.3, 0.4) is 0 Å². The molecule has 0 aliphatic carbocycles. The van der Waals surface area contributed by atoms with Gasteiger partial charge < -0.3 is 14.8 Å². The molecule has 0 fully saturated rings. The number of halogens is 2. The molecule has 0 saturated carbocycles. The number of methoxy groups -OCH3 is 1. The molecule has 0 saturated heterocycles. The number of aryl methyl sites for hydroxylation is 2. The zero-order chi connectivity index (χ0) is 28.9. The van der Waals surface area contributed by atoms with E-state index in [0.29, 0.717) is 45.5 Å². The monoisotopic (exact) mass is 583 g/mol. The molecule has 11 heteroatoms. The smallest absolute Gasteiger partial charge is 0.307 e. The van der Waals surface area contributed by atoms with Crippen LogP contribution in [0.2, 0.25) is 10.0 Å². The summed E-state index contributed by atoms with van der Waals surface area (Å²) >= 11 is 12.4. The molecule has 4 rings (SSSR count). The second-order valence-electron chi connectivity index (χ2n) is 10.3. The number of esters is 1. The van der Waals surface area contributed by atoms with E-state index in [-0.39, 0.29) is 13.0 Å². The Bertz CT molecular complexity index is 1500. The zero-order valence-corrected chi connectivity index (χ0v) is 24.3. The molecule has 3 aromatic heterocycles. The van der Waals surface area contributed by atoms with Crippen LogP contribution in [0.5, 0.6) is 0 Å². The first-order chi connectivity index (χ1) is 19.0. The van der Waals surface area contributed by atoms with E-state index in [4.69, 9.17) is 32.7 Å². The summed E-state index contributed by atoms with van der Waals surface area (Å²) in [5.41, 5.74) is 2.48. The van der Waals surface area contributed by atoms with E-state index in [9.17, 15) is 9.59 Å². The van der Waals surface area contributed by atoms with Crippen molar-refractivity contribution in [2.24, 2.45) is 0 Å². The van der Waals surface area contributed by atoms with Gasteiger partial charge in [-0.25, -0.2) is 9.97 Å². The van der Waals surface area contributed by atoms with Gasteiger partial charge in [0.25, 0.3) is 5.91 Å². The van der Waals surface area contributed by atoms with Crippen LogP contribution in [0.15, 0.2) is 54.9 Å². The van der Waals surface area contributed by atoms with Crippen molar-refractivity contribution in [1.29, 1.82) is 0 Å². The molecule has 1 N–H and O–H groups in total. The lowest BCUT2D eigenvalue weighted by atomic mass is 10.0. The van der Waals surface area contributed by atoms with Gasteiger partial charge in [0, 0.05) is 46.5 Å². The lowest BCUT2D eigenvalue weighted by molar-refractivity contribution is -0.141. The molecular formula is C29H31Cl2N5O4. The highest BCUT2D eigenvalue weighted by atomic mass is 35.5. The Hall–Kier alpha value is -3.53. The second kappa shape index (κ2) is 12.8. The molecule has 4 aromatic rings. The lowest BCUT2D eigenvalue weighted by Gasteiger charge is -2.20. The number of nitrogens with zero attached hydrogens (tertiary/aromatic N) is 4. The highest BCUT2D eigenvalue weighted by molar-refractivity contribution is 6.34. The Labute approximate surface area is 242 Å². The number of fused-ring (bicyclic) bond motifs is 1. The minimum atomic E-state index is -0.731. The first-order valence-electron chi connectivity index (χ1n) is 12.8. The number of ether oxygens (including phenoxy) is 2. The number of nitrogens with one attached hydrogen (secondary N) is 1. The summed E-state index contributed by atoms with van der Waals surface area (Å²) in [7, 11) is 1.29. The van der Waals surface area contributed by atoms with Crippen molar-refractivity contribution in [3.8, 4) is 0 Å². The zero-order valence-electron chi connectivity index (χ0n) is 22.8. The Balaban J connectivity index is 1.58. The molecule has 0 radical (unpaired) electrons. The Morgan fingerprint density at radius 3 is 2.55 bits per heavy atom. The normalized spacial score (nSPS) is 12.3. The topological polar surface area (TPSA) is 108 Å². The van der Waals surface area contributed by atoms with Gasteiger partial charge in [0.2, 0.25) is 0 Å². The molecule has 0 spiro atoms. The molecule has 0 aliphatic rings. The third-order valence-electron chi connectivity index (χ3n) is 6.03. The highest BCUT2D eigenvalue weighted by Gasteiger charge is 2.25. The van der Waals surface area contributed by atoms with Crippen molar-refractivity contribution in [2.75, 3.05) is 7.11 Å². The number of carbonyl (C=O) groups excluding carboxylic acids is 2. The van der Waals surface area contributed by atoms with Crippen molar-refractivity contribution >= 4 is 46.1 Å². The maximum Gasteiger partial charge on any atom is 0.307 e. The van der Waals surface area contributed by atoms with Crippen LogP contribution in [-0.2, 0) is 33.8 Å². The van der Waals surface area contributed by atoms with Crippen LogP contribution in [0.4, 0.5) is 0 Å². The Morgan fingerprint density at radius 1 is 1.10 bits per heavy atom. The Kier molecular flexibility index (Phi) is 9.40. The summed E-state index contributed by atoms with van der Waals surface area (Å²) in [6.07, 6.45) is 3.86. The number of rotatable bonds is 10. The number of amides is 1. The van der Waals surface area contributed by atoms with Crippen molar-refractivity contribution in [3.63, 3.8) is 0 Å². The fourth-order valence-corrected chi connectivity index (χ4v) is 4.58. The SMILES string of the molecule is COC(=O)CC(NC(=O)c1cn(CCc2ccc3cccnc3n2)nc1COC(C)(C)C)c1cc(Cl)cc(Cl)c1. The lowest BCUT2D eigenvalue weighted by Crippen LogP contribution is -2.31. The van der Waals surface area contributed by atoms with Crippen LogP contribution >= 0.6 is 23.2 Å². The fourth-order valence-electron chi connectivity index (χ4n) is 4.03. The quantitative estimate of drug-likeness (QED) is 0.238. The molecule has 40 heavy (non-hydrogen) atoms. The van der Waals surface area contributed by atoms with Gasteiger partial charge in [-0.15, -0.1) is 0 Å². The number of aromatic nitrogens is 4. The third kappa shape index (κ3) is 8.00. The third-order valence-corrected chi connectivity index (χ3v) is 6.47. The molecule has 1 atom stereocenters. The van der Waals surface area contributed by atoms with Gasteiger partial charge in [0.1, 0.15) is 5.69 Å². The molecular weight excluding hydrogens is 553 g/mol. The summed E-state index contributed by atoms with van der Waals surface area (Å²) in [5, 5.41) is 9.32. The molecule has 210 valence electrons. The van der Waals surface area contributed by atoms with Gasteiger partial charge >= 0.3 is 5.97 Å². The van der Waals surface area contributed by atoms with Crippen LogP contribution in [0.25, 0.3) is 11.0 Å². The van der Waals surface area contributed by atoms with Crippen LogP contribution in [0.1, 0.15) is 60.5 Å². The minimum absolute atomic E-state index is 0.109. The van der Waals surface area contributed by atoms with Gasteiger partial charge in [-0.3, -0.25) is 14.3 Å². The average Bonchev–Trinajstić information content (AvgIpc) is 3.32. The molecule has 3 heterocycles. The summed E-state index contributed by atoms with van der Waals surface area (Å²) in [6.45, 7) is 6.40. The summed E-state index contributed by atoms with van der Waals surface area (Å²) < 4.78 is 12.5. The van der Waals surface area contributed by atoms with Crippen molar-refractivity contribution in [3.05, 3.63) is 87.4 Å². The second-order valence-corrected chi connectivity index (χ2v) is 11.1. The van der Waals surface area contributed by atoms with E-state index < -0.39 is 23.5 Å². The number of hydrogen-bond donors (Lipinski definition) is 1. The van der Waals surface area contributed by atoms with Crippen molar-refractivity contribution in [1.82, 2.24) is 25.1 Å².